The molecule has 1 fully saturated rings. The van der Waals surface area contributed by atoms with Crippen LogP contribution in [0.4, 0.5) is 10.1 Å². The lowest BCUT2D eigenvalue weighted by molar-refractivity contribution is -0.149. The Morgan fingerprint density at radius 2 is 2.00 bits per heavy atom. The summed E-state index contributed by atoms with van der Waals surface area (Å²) in [5.41, 5.74) is 0.189. The lowest BCUT2D eigenvalue weighted by Gasteiger charge is -2.30. The van der Waals surface area contributed by atoms with Crippen LogP contribution in [0.3, 0.4) is 0 Å². The maximum absolute atomic E-state index is 13.5. The van der Waals surface area contributed by atoms with E-state index in [9.17, 15) is 14.0 Å². The summed E-state index contributed by atoms with van der Waals surface area (Å²) in [6.45, 7) is 3.70. The number of nitrogens with zero attached hydrogens (tertiary/aromatic N) is 1. The first-order valence-electron chi connectivity index (χ1n) is 7.53. The standard InChI is InChI=1S/C16H21FN2O3/c1-2-22-16(21)12-7-9-19(10-8-12)11-15(20)18-14-6-4-3-5-13(14)17/h3-6,12H,2,7-11H2,1H3,(H,18,20). The fourth-order valence-corrected chi connectivity index (χ4v) is 2.54. The van der Waals surface area contributed by atoms with Crippen molar-refractivity contribution in [1.29, 1.82) is 0 Å². The summed E-state index contributed by atoms with van der Waals surface area (Å²) in [5.74, 6) is -0.930. The number of ether oxygens (including phenoxy) is 1. The molecule has 1 aromatic carbocycles. The van der Waals surface area contributed by atoms with E-state index in [1.165, 1.54) is 12.1 Å². The van der Waals surface area contributed by atoms with Crippen LogP contribution in [0.25, 0.3) is 0 Å². The van der Waals surface area contributed by atoms with E-state index in [0.29, 0.717) is 32.5 Å². The van der Waals surface area contributed by atoms with Crippen molar-refractivity contribution in [3.05, 3.63) is 30.1 Å². The number of nitrogens with one attached hydrogen (secondary N) is 1. The molecule has 2 rings (SSSR count). The fraction of sp³-hybridized carbons (Fsp3) is 0.500. The van der Waals surface area contributed by atoms with Crippen LogP contribution < -0.4 is 5.32 Å². The lowest BCUT2D eigenvalue weighted by atomic mass is 9.97. The van der Waals surface area contributed by atoms with Gasteiger partial charge in [0.15, 0.2) is 0 Å². The number of hydrogen-bond donors (Lipinski definition) is 1. The Kier molecular flexibility index (Phi) is 5.89. The molecule has 0 radical (unpaired) electrons. The molecule has 1 saturated heterocycles. The van der Waals surface area contributed by atoms with E-state index in [1.807, 2.05) is 4.90 Å². The van der Waals surface area contributed by atoms with Crippen molar-refractivity contribution in [2.45, 2.75) is 19.8 Å². The van der Waals surface area contributed by atoms with Crippen LogP contribution >= 0.6 is 0 Å². The Bertz CT molecular complexity index is 528. The van der Waals surface area contributed by atoms with Crippen LogP contribution in [0.1, 0.15) is 19.8 Å². The third-order valence-electron chi connectivity index (χ3n) is 3.72. The number of carbonyl (C=O) groups is 2. The van der Waals surface area contributed by atoms with Gasteiger partial charge in [0.25, 0.3) is 0 Å². The Morgan fingerprint density at radius 1 is 1.32 bits per heavy atom. The zero-order chi connectivity index (χ0) is 15.9. The minimum atomic E-state index is -0.447. The highest BCUT2D eigenvalue weighted by atomic mass is 19.1. The smallest absolute Gasteiger partial charge is 0.309 e. The molecule has 6 heteroatoms. The predicted molar refractivity (Wildman–Crippen MR) is 80.8 cm³/mol. The third-order valence-corrected chi connectivity index (χ3v) is 3.72. The Hall–Kier alpha value is -1.95. The largest absolute Gasteiger partial charge is 0.466 e. The molecule has 1 aromatic rings. The van der Waals surface area contributed by atoms with Gasteiger partial charge in [-0.15, -0.1) is 0 Å². The number of para-hydroxylation sites is 1. The summed E-state index contributed by atoms with van der Waals surface area (Å²) >= 11 is 0. The maximum atomic E-state index is 13.5. The van der Waals surface area contributed by atoms with Gasteiger partial charge >= 0.3 is 5.97 Å². The summed E-state index contributed by atoms with van der Waals surface area (Å²) in [7, 11) is 0. The van der Waals surface area contributed by atoms with Gasteiger partial charge in [-0.1, -0.05) is 12.1 Å². The molecule has 0 aliphatic carbocycles. The zero-order valence-corrected chi connectivity index (χ0v) is 12.7. The van der Waals surface area contributed by atoms with Crippen LogP contribution in [0.2, 0.25) is 0 Å². The van der Waals surface area contributed by atoms with Gasteiger partial charge in [-0.25, -0.2) is 4.39 Å². The number of carbonyl (C=O) groups excluding carboxylic acids is 2. The molecular formula is C16H21FN2O3. The zero-order valence-electron chi connectivity index (χ0n) is 12.7. The van der Waals surface area contributed by atoms with E-state index in [4.69, 9.17) is 4.74 Å². The van der Waals surface area contributed by atoms with Crippen LogP contribution in [0.15, 0.2) is 24.3 Å². The first-order chi connectivity index (χ1) is 10.6. The summed E-state index contributed by atoms with van der Waals surface area (Å²) in [6.07, 6.45) is 1.37. The van der Waals surface area contributed by atoms with Crippen molar-refractivity contribution in [2.24, 2.45) is 5.92 Å². The van der Waals surface area contributed by atoms with Gasteiger partial charge in [-0.05, 0) is 45.0 Å². The molecule has 1 aliphatic heterocycles. The van der Waals surface area contributed by atoms with Crippen molar-refractivity contribution in [3.63, 3.8) is 0 Å². The maximum Gasteiger partial charge on any atom is 0.309 e. The van der Waals surface area contributed by atoms with Gasteiger partial charge in [-0.2, -0.15) is 0 Å². The minimum Gasteiger partial charge on any atom is -0.466 e. The van der Waals surface area contributed by atoms with Crippen molar-refractivity contribution in [3.8, 4) is 0 Å². The Morgan fingerprint density at radius 3 is 2.64 bits per heavy atom. The van der Waals surface area contributed by atoms with E-state index >= 15 is 0 Å². The molecule has 1 N–H and O–H groups in total. The van der Waals surface area contributed by atoms with Gasteiger partial charge in [0.2, 0.25) is 5.91 Å². The number of likely N-dealkylation sites (tertiary alicyclic amines) is 1. The molecule has 22 heavy (non-hydrogen) atoms. The number of hydrogen-bond acceptors (Lipinski definition) is 4. The van der Waals surface area contributed by atoms with Crippen LogP contribution in [0.5, 0.6) is 0 Å². The lowest BCUT2D eigenvalue weighted by Crippen LogP contribution is -2.41. The second-order valence-electron chi connectivity index (χ2n) is 5.33. The molecule has 120 valence electrons. The molecule has 0 saturated carbocycles. The average molecular weight is 308 g/mol. The number of anilines is 1. The average Bonchev–Trinajstić information content (AvgIpc) is 2.50. The van der Waals surface area contributed by atoms with Crippen molar-refractivity contribution >= 4 is 17.6 Å². The van der Waals surface area contributed by atoms with E-state index in [2.05, 4.69) is 5.32 Å². The quantitative estimate of drug-likeness (QED) is 0.846. The van der Waals surface area contributed by atoms with E-state index in [1.54, 1.807) is 19.1 Å². The fourth-order valence-electron chi connectivity index (χ4n) is 2.54. The molecule has 1 aliphatic rings. The van der Waals surface area contributed by atoms with E-state index < -0.39 is 5.82 Å². The minimum absolute atomic E-state index is 0.0779. The van der Waals surface area contributed by atoms with Gasteiger partial charge in [0.05, 0.1) is 24.8 Å². The predicted octanol–water partition coefficient (Wildman–Crippen LogP) is 2.04. The molecule has 5 nitrogen and oxygen atoms in total. The highest BCUT2D eigenvalue weighted by molar-refractivity contribution is 5.92. The molecule has 0 bridgehead atoms. The molecule has 0 spiro atoms. The number of benzene rings is 1. The summed E-state index contributed by atoms with van der Waals surface area (Å²) in [4.78, 5) is 25.5. The normalized spacial score (nSPS) is 16.3. The molecule has 1 heterocycles. The number of halogens is 1. The number of amides is 1. The highest BCUT2D eigenvalue weighted by Crippen LogP contribution is 2.19. The highest BCUT2D eigenvalue weighted by Gasteiger charge is 2.26. The SMILES string of the molecule is CCOC(=O)C1CCN(CC(=O)Nc2ccccc2F)CC1. The summed E-state index contributed by atoms with van der Waals surface area (Å²) in [6, 6.07) is 6.08. The molecule has 0 unspecified atom stereocenters. The van der Waals surface area contributed by atoms with Crippen molar-refractivity contribution in [1.82, 2.24) is 4.90 Å². The van der Waals surface area contributed by atoms with Gasteiger partial charge < -0.3 is 10.1 Å². The monoisotopic (exact) mass is 308 g/mol. The number of rotatable bonds is 5. The van der Waals surface area contributed by atoms with E-state index in [0.717, 1.165) is 0 Å². The van der Waals surface area contributed by atoms with Crippen molar-refractivity contribution < 1.29 is 18.7 Å². The topological polar surface area (TPSA) is 58.6 Å². The molecule has 1 amide bonds. The summed E-state index contributed by atoms with van der Waals surface area (Å²) in [5, 5.41) is 2.56. The van der Waals surface area contributed by atoms with Crippen molar-refractivity contribution in [2.75, 3.05) is 31.6 Å². The van der Waals surface area contributed by atoms with Gasteiger partial charge in [-0.3, -0.25) is 14.5 Å². The first-order valence-corrected chi connectivity index (χ1v) is 7.53. The third kappa shape index (κ3) is 4.53. The second-order valence-corrected chi connectivity index (χ2v) is 5.33. The Labute approximate surface area is 129 Å². The summed E-state index contributed by atoms with van der Waals surface area (Å²) < 4.78 is 18.5. The number of piperidine rings is 1. The van der Waals surface area contributed by atoms with Gasteiger partial charge in [0, 0.05) is 0 Å². The van der Waals surface area contributed by atoms with Crippen LogP contribution in [-0.2, 0) is 14.3 Å². The second kappa shape index (κ2) is 7.89. The van der Waals surface area contributed by atoms with Crippen LogP contribution in [0, 0.1) is 11.7 Å². The molecule has 0 aromatic heterocycles. The first kappa shape index (κ1) is 16.4. The molecular weight excluding hydrogens is 287 g/mol. The van der Waals surface area contributed by atoms with Crippen LogP contribution in [-0.4, -0.2) is 43.0 Å². The van der Waals surface area contributed by atoms with Gasteiger partial charge in [0.1, 0.15) is 5.82 Å². The Balaban J connectivity index is 1.77. The number of esters is 1. The van der Waals surface area contributed by atoms with E-state index in [-0.39, 0.29) is 30.0 Å². The molecule has 0 atom stereocenters.